The molecule has 1 aliphatic rings. The Morgan fingerprint density at radius 2 is 1.76 bits per heavy atom. The fraction of sp³-hybridized carbons (Fsp3) is 0.471. The van der Waals surface area contributed by atoms with E-state index in [1.165, 1.54) is 22.5 Å². The van der Waals surface area contributed by atoms with Gasteiger partial charge in [0.1, 0.15) is 5.82 Å². The number of nitrogens with zero attached hydrogens (tertiary/aromatic N) is 3. The van der Waals surface area contributed by atoms with Crippen molar-refractivity contribution in [2.75, 3.05) is 24.5 Å². The van der Waals surface area contributed by atoms with Gasteiger partial charge in [-0.15, -0.1) is 0 Å². The topological polar surface area (TPSA) is 47.1 Å². The standard InChI is InChI=1S/C17H24N4/c1-13-16(7-10-18)17(20(2)19-13)21-11-8-14-5-3-4-6-15(14)9-12-21/h3-6H,7-12,18H2,1-2H3. The molecule has 0 bridgehead atoms. The quantitative estimate of drug-likeness (QED) is 0.935. The molecular weight excluding hydrogens is 260 g/mol. The summed E-state index contributed by atoms with van der Waals surface area (Å²) in [5.41, 5.74) is 11.2. The van der Waals surface area contributed by atoms with E-state index in [9.17, 15) is 0 Å². The minimum atomic E-state index is 0.674. The van der Waals surface area contributed by atoms with E-state index in [1.54, 1.807) is 0 Å². The minimum Gasteiger partial charge on any atom is -0.356 e. The molecular formula is C17H24N4. The minimum absolute atomic E-state index is 0.674. The zero-order valence-corrected chi connectivity index (χ0v) is 13.0. The Balaban J connectivity index is 1.89. The van der Waals surface area contributed by atoms with Crippen LogP contribution in [0, 0.1) is 6.92 Å². The van der Waals surface area contributed by atoms with Crippen molar-refractivity contribution in [1.82, 2.24) is 9.78 Å². The molecule has 2 aromatic rings. The summed E-state index contributed by atoms with van der Waals surface area (Å²) in [5, 5.41) is 4.60. The molecule has 0 saturated carbocycles. The molecule has 1 aliphatic heterocycles. The lowest BCUT2D eigenvalue weighted by atomic mass is 10.0. The largest absolute Gasteiger partial charge is 0.356 e. The molecule has 0 unspecified atom stereocenters. The van der Waals surface area contributed by atoms with Crippen molar-refractivity contribution in [3.8, 4) is 0 Å². The molecule has 4 nitrogen and oxygen atoms in total. The second-order valence-corrected chi connectivity index (χ2v) is 5.81. The summed E-state index contributed by atoms with van der Waals surface area (Å²) in [4.78, 5) is 2.48. The van der Waals surface area contributed by atoms with Crippen molar-refractivity contribution >= 4 is 5.82 Å². The maximum atomic E-state index is 5.78. The van der Waals surface area contributed by atoms with Gasteiger partial charge < -0.3 is 10.6 Å². The van der Waals surface area contributed by atoms with E-state index in [1.807, 2.05) is 11.7 Å². The van der Waals surface area contributed by atoms with Gasteiger partial charge in [-0.2, -0.15) is 5.10 Å². The molecule has 0 amide bonds. The first-order chi connectivity index (χ1) is 10.2. The molecule has 0 fully saturated rings. The predicted molar refractivity (Wildman–Crippen MR) is 86.8 cm³/mol. The number of benzene rings is 1. The number of rotatable bonds is 3. The van der Waals surface area contributed by atoms with E-state index in [0.717, 1.165) is 38.0 Å². The highest BCUT2D eigenvalue weighted by molar-refractivity contribution is 5.51. The first-order valence-electron chi connectivity index (χ1n) is 7.75. The SMILES string of the molecule is Cc1nn(C)c(N2CCc3ccccc3CC2)c1CCN. The molecule has 0 saturated heterocycles. The maximum Gasteiger partial charge on any atom is 0.130 e. The van der Waals surface area contributed by atoms with E-state index in [0.29, 0.717) is 6.54 Å². The van der Waals surface area contributed by atoms with Gasteiger partial charge in [0, 0.05) is 25.7 Å². The van der Waals surface area contributed by atoms with Gasteiger partial charge in [-0.05, 0) is 43.9 Å². The fourth-order valence-corrected chi connectivity index (χ4v) is 3.40. The van der Waals surface area contributed by atoms with Crippen LogP contribution in [0.2, 0.25) is 0 Å². The number of aryl methyl sites for hydroxylation is 2. The summed E-state index contributed by atoms with van der Waals surface area (Å²) in [6.07, 6.45) is 3.10. The lowest BCUT2D eigenvalue weighted by molar-refractivity contribution is 0.698. The summed E-state index contributed by atoms with van der Waals surface area (Å²) in [7, 11) is 2.04. The molecule has 112 valence electrons. The highest BCUT2D eigenvalue weighted by Crippen LogP contribution is 2.26. The Hall–Kier alpha value is -1.81. The maximum absolute atomic E-state index is 5.78. The average Bonchev–Trinajstić information content (AvgIpc) is 2.66. The highest BCUT2D eigenvalue weighted by Gasteiger charge is 2.21. The monoisotopic (exact) mass is 284 g/mol. The molecule has 1 aromatic heterocycles. The molecule has 3 rings (SSSR count). The van der Waals surface area contributed by atoms with Crippen LogP contribution >= 0.6 is 0 Å². The van der Waals surface area contributed by atoms with Crippen LogP contribution in [0.4, 0.5) is 5.82 Å². The van der Waals surface area contributed by atoms with E-state index in [4.69, 9.17) is 5.73 Å². The molecule has 0 atom stereocenters. The summed E-state index contributed by atoms with van der Waals surface area (Å²) in [6, 6.07) is 8.80. The van der Waals surface area contributed by atoms with Gasteiger partial charge in [0.25, 0.3) is 0 Å². The van der Waals surface area contributed by atoms with Gasteiger partial charge in [0.15, 0.2) is 0 Å². The van der Waals surface area contributed by atoms with Gasteiger partial charge in [-0.1, -0.05) is 24.3 Å². The van der Waals surface area contributed by atoms with Crippen molar-refractivity contribution in [3.63, 3.8) is 0 Å². The molecule has 2 heterocycles. The van der Waals surface area contributed by atoms with Crippen molar-refractivity contribution in [3.05, 3.63) is 46.6 Å². The second kappa shape index (κ2) is 5.90. The molecule has 1 aromatic carbocycles. The van der Waals surface area contributed by atoms with E-state index < -0.39 is 0 Å². The van der Waals surface area contributed by atoms with Crippen LogP contribution in [-0.2, 0) is 26.3 Å². The second-order valence-electron chi connectivity index (χ2n) is 5.81. The Morgan fingerprint density at radius 1 is 1.14 bits per heavy atom. The summed E-state index contributed by atoms with van der Waals surface area (Å²) >= 11 is 0. The van der Waals surface area contributed by atoms with Crippen molar-refractivity contribution in [1.29, 1.82) is 0 Å². The summed E-state index contributed by atoms with van der Waals surface area (Å²) in [5.74, 6) is 1.26. The smallest absolute Gasteiger partial charge is 0.130 e. The van der Waals surface area contributed by atoms with Gasteiger partial charge in [0.2, 0.25) is 0 Å². The van der Waals surface area contributed by atoms with Gasteiger partial charge >= 0.3 is 0 Å². The number of anilines is 1. The fourth-order valence-electron chi connectivity index (χ4n) is 3.40. The first kappa shape index (κ1) is 14.1. The average molecular weight is 284 g/mol. The molecule has 4 heteroatoms. The number of hydrogen-bond acceptors (Lipinski definition) is 3. The lowest BCUT2D eigenvalue weighted by Crippen LogP contribution is -2.29. The third-order valence-corrected chi connectivity index (χ3v) is 4.43. The zero-order valence-electron chi connectivity index (χ0n) is 13.0. The van der Waals surface area contributed by atoms with Crippen molar-refractivity contribution in [2.24, 2.45) is 12.8 Å². The van der Waals surface area contributed by atoms with Crippen molar-refractivity contribution in [2.45, 2.75) is 26.2 Å². The van der Waals surface area contributed by atoms with Gasteiger partial charge in [0.05, 0.1) is 5.69 Å². The molecule has 0 spiro atoms. The third kappa shape index (κ3) is 2.68. The number of fused-ring (bicyclic) bond motifs is 1. The van der Waals surface area contributed by atoms with Crippen LogP contribution < -0.4 is 10.6 Å². The van der Waals surface area contributed by atoms with E-state index in [2.05, 4.69) is 41.2 Å². The van der Waals surface area contributed by atoms with Gasteiger partial charge in [-0.25, -0.2) is 0 Å². The molecule has 2 N–H and O–H groups in total. The van der Waals surface area contributed by atoms with Crippen LogP contribution in [0.1, 0.15) is 22.4 Å². The zero-order chi connectivity index (χ0) is 14.8. The number of nitrogens with two attached hydrogens (primary N) is 1. The van der Waals surface area contributed by atoms with Crippen LogP contribution in [0.5, 0.6) is 0 Å². The Bertz CT molecular complexity index is 603. The van der Waals surface area contributed by atoms with E-state index >= 15 is 0 Å². The number of hydrogen-bond donors (Lipinski definition) is 1. The number of aromatic nitrogens is 2. The van der Waals surface area contributed by atoms with Crippen LogP contribution in [0.25, 0.3) is 0 Å². The van der Waals surface area contributed by atoms with E-state index in [-0.39, 0.29) is 0 Å². The molecule has 0 radical (unpaired) electrons. The Labute approximate surface area is 126 Å². The van der Waals surface area contributed by atoms with Crippen LogP contribution in [0.3, 0.4) is 0 Å². The summed E-state index contributed by atoms with van der Waals surface area (Å²) < 4.78 is 2.02. The Morgan fingerprint density at radius 3 is 2.33 bits per heavy atom. The lowest BCUT2D eigenvalue weighted by Gasteiger charge is -2.24. The first-order valence-corrected chi connectivity index (χ1v) is 7.75. The van der Waals surface area contributed by atoms with Crippen molar-refractivity contribution < 1.29 is 0 Å². The molecule has 0 aliphatic carbocycles. The van der Waals surface area contributed by atoms with Gasteiger partial charge in [-0.3, -0.25) is 4.68 Å². The Kier molecular flexibility index (Phi) is 3.97. The predicted octanol–water partition coefficient (Wildman–Crippen LogP) is 1.83. The summed E-state index contributed by atoms with van der Waals surface area (Å²) in [6.45, 7) is 4.86. The molecule has 21 heavy (non-hydrogen) atoms. The van der Waals surface area contributed by atoms with Crippen LogP contribution in [-0.4, -0.2) is 29.4 Å². The van der Waals surface area contributed by atoms with Crippen LogP contribution in [0.15, 0.2) is 24.3 Å². The normalized spacial score (nSPS) is 14.9. The highest BCUT2D eigenvalue weighted by atomic mass is 15.4. The third-order valence-electron chi connectivity index (χ3n) is 4.43.